The van der Waals surface area contributed by atoms with Gasteiger partial charge in [0.1, 0.15) is 11.2 Å². The predicted octanol–water partition coefficient (Wildman–Crippen LogP) is 1.52. The lowest BCUT2D eigenvalue weighted by atomic mass is 10.1. The van der Waals surface area contributed by atoms with Gasteiger partial charge in [-0.25, -0.2) is 9.97 Å². The van der Waals surface area contributed by atoms with Crippen LogP contribution in [0, 0.1) is 0 Å². The molecule has 0 aliphatic rings. The molecule has 6 nitrogen and oxygen atoms in total. The van der Waals surface area contributed by atoms with Crippen molar-refractivity contribution in [1.29, 1.82) is 0 Å². The number of carbonyl (C=O) groups excluding carboxylic acids is 1. The molecule has 0 radical (unpaired) electrons. The summed E-state index contributed by atoms with van der Waals surface area (Å²) in [6, 6.07) is 0. The lowest BCUT2D eigenvalue weighted by Gasteiger charge is -2.02. The van der Waals surface area contributed by atoms with E-state index in [1.165, 1.54) is 0 Å². The molecule has 0 aromatic carbocycles. The highest BCUT2D eigenvalue weighted by molar-refractivity contribution is 6.04. The van der Waals surface area contributed by atoms with E-state index in [1.54, 1.807) is 12.5 Å². The first-order chi connectivity index (χ1) is 9.70. The maximum absolute atomic E-state index is 11.9. The van der Waals surface area contributed by atoms with E-state index in [0.29, 0.717) is 13.0 Å². The predicted molar refractivity (Wildman–Crippen MR) is 77.4 cm³/mol. The van der Waals surface area contributed by atoms with Crippen LogP contribution in [0.3, 0.4) is 0 Å². The zero-order valence-corrected chi connectivity index (χ0v) is 11.6. The van der Waals surface area contributed by atoms with E-state index >= 15 is 0 Å². The number of H-pyrrole nitrogens is 1. The summed E-state index contributed by atoms with van der Waals surface area (Å²) < 4.78 is 1.93. The number of imidazole rings is 1. The number of hydrogen-bond acceptors (Lipinski definition) is 3. The molecular formula is C14H17N5O. The Kier molecular flexibility index (Phi) is 3.14. The van der Waals surface area contributed by atoms with E-state index in [2.05, 4.69) is 20.3 Å². The van der Waals surface area contributed by atoms with Crippen molar-refractivity contribution in [3.63, 3.8) is 0 Å². The van der Waals surface area contributed by atoms with E-state index in [4.69, 9.17) is 0 Å². The topological polar surface area (TPSA) is 75.6 Å². The molecule has 0 saturated carbocycles. The van der Waals surface area contributed by atoms with Gasteiger partial charge in [-0.2, -0.15) is 0 Å². The van der Waals surface area contributed by atoms with Crippen LogP contribution in [0.5, 0.6) is 0 Å². The van der Waals surface area contributed by atoms with Gasteiger partial charge in [0, 0.05) is 19.8 Å². The van der Waals surface area contributed by atoms with Gasteiger partial charge in [0.05, 0.1) is 29.8 Å². The quantitative estimate of drug-likeness (QED) is 0.755. The van der Waals surface area contributed by atoms with Gasteiger partial charge < -0.3 is 14.9 Å². The van der Waals surface area contributed by atoms with Crippen molar-refractivity contribution in [2.24, 2.45) is 7.05 Å². The zero-order chi connectivity index (χ0) is 14.1. The molecule has 104 valence electrons. The van der Waals surface area contributed by atoms with Crippen molar-refractivity contribution in [2.75, 3.05) is 6.54 Å². The molecule has 3 aromatic heterocycles. The first-order valence-electron chi connectivity index (χ1n) is 6.73. The molecule has 2 N–H and O–H groups in total. The summed E-state index contributed by atoms with van der Waals surface area (Å²) in [5.41, 5.74) is 3.56. The van der Waals surface area contributed by atoms with Crippen LogP contribution in [0.15, 0.2) is 18.7 Å². The molecule has 0 saturated heterocycles. The summed E-state index contributed by atoms with van der Waals surface area (Å²) in [7, 11) is 1.93. The number of amides is 1. The molecule has 0 fully saturated rings. The third-order valence-electron chi connectivity index (χ3n) is 3.40. The van der Waals surface area contributed by atoms with Crippen LogP contribution in [0.2, 0.25) is 0 Å². The number of nitrogens with zero attached hydrogens (tertiary/aromatic N) is 3. The van der Waals surface area contributed by atoms with Gasteiger partial charge in [-0.15, -0.1) is 0 Å². The normalized spacial score (nSPS) is 11.3. The number of fused-ring (bicyclic) bond motifs is 3. The number of nitrogens with one attached hydrogen (secondary N) is 2. The Morgan fingerprint density at radius 2 is 2.30 bits per heavy atom. The number of aromatic amines is 1. The molecule has 0 spiro atoms. The monoisotopic (exact) mass is 271 g/mol. The maximum atomic E-state index is 11.9. The van der Waals surface area contributed by atoms with Crippen LogP contribution in [0.4, 0.5) is 0 Å². The molecule has 3 aromatic rings. The Balaban J connectivity index is 2.03. The summed E-state index contributed by atoms with van der Waals surface area (Å²) in [6.07, 6.45) is 6.68. The van der Waals surface area contributed by atoms with Crippen molar-refractivity contribution in [1.82, 2.24) is 24.8 Å². The second-order valence-electron chi connectivity index (χ2n) is 4.91. The smallest absolute Gasteiger partial charge is 0.224 e. The van der Waals surface area contributed by atoms with E-state index < -0.39 is 0 Å². The highest BCUT2D eigenvalue weighted by Crippen LogP contribution is 2.25. The zero-order valence-electron chi connectivity index (χ0n) is 11.6. The third kappa shape index (κ3) is 2.03. The third-order valence-corrected chi connectivity index (χ3v) is 3.40. The van der Waals surface area contributed by atoms with Crippen LogP contribution in [0.25, 0.3) is 22.1 Å². The maximum Gasteiger partial charge on any atom is 0.224 e. The molecular weight excluding hydrogens is 254 g/mol. The van der Waals surface area contributed by atoms with Crippen molar-refractivity contribution in [2.45, 2.75) is 19.8 Å². The molecule has 0 aliphatic carbocycles. The van der Waals surface area contributed by atoms with Crippen molar-refractivity contribution in [3.8, 4) is 0 Å². The average Bonchev–Trinajstić information content (AvgIpc) is 3.01. The molecule has 3 heterocycles. The lowest BCUT2D eigenvalue weighted by Crippen LogP contribution is -2.25. The Hall–Kier alpha value is -2.37. The van der Waals surface area contributed by atoms with Crippen LogP contribution in [0.1, 0.15) is 18.9 Å². The Morgan fingerprint density at radius 3 is 3.10 bits per heavy atom. The Morgan fingerprint density at radius 1 is 1.45 bits per heavy atom. The van der Waals surface area contributed by atoms with Gasteiger partial charge in [0.15, 0.2) is 0 Å². The fourth-order valence-corrected chi connectivity index (χ4v) is 2.37. The summed E-state index contributed by atoms with van der Waals surface area (Å²) in [5, 5.41) is 3.83. The van der Waals surface area contributed by atoms with Crippen molar-refractivity contribution >= 4 is 28.0 Å². The molecule has 3 rings (SSSR count). The largest absolute Gasteiger partial charge is 0.356 e. The highest BCUT2D eigenvalue weighted by Gasteiger charge is 2.14. The average molecular weight is 271 g/mol. The number of hydrogen-bond donors (Lipinski definition) is 2. The van der Waals surface area contributed by atoms with Gasteiger partial charge in [-0.1, -0.05) is 6.92 Å². The van der Waals surface area contributed by atoms with Crippen LogP contribution < -0.4 is 5.32 Å². The molecule has 0 atom stereocenters. The van der Waals surface area contributed by atoms with Gasteiger partial charge >= 0.3 is 0 Å². The molecule has 20 heavy (non-hydrogen) atoms. The van der Waals surface area contributed by atoms with E-state index in [0.717, 1.165) is 34.1 Å². The fourth-order valence-electron chi connectivity index (χ4n) is 2.37. The number of aromatic nitrogens is 4. The first-order valence-corrected chi connectivity index (χ1v) is 6.73. The second kappa shape index (κ2) is 4.96. The number of rotatable bonds is 4. The van der Waals surface area contributed by atoms with Gasteiger partial charge in [0.25, 0.3) is 0 Å². The van der Waals surface area contributed by atoms with Crippen LogP contribution >= 0.6 is 0 Å². The number of pyridine rings is 1. The van der Waals surface area contributed by atoms with E-state index in [9.17, 15) is 4.79 Å². The minimum absolute atomic E-state index is 0.0284. The van der Waals surface area contributed by atoms with Crippen LogP contribution in [-0.2, 0) is 18.3 Å². The highest BCUT2D eigenvalue weighted by atomic mass is 16.1. The molecule has 0 unspecified atom stereocenters. The minimum atomic E-state index is 0.0284. The van der Waals surface area contributed by atoms with E-state index in [-0.39, 0.29) is 5.91 Å². The van der Waals surface area contributed by atoms with E-state index in [1.807, 2.05) is 24.7 Å². The first kappa shape index (κ1) is 12.7. The minimum Gasteiger partial charge on any atom is -0.356 e. The molecule has 0 bridgehead atoms. The summed E-state index contributed by atoms with van der Waals surface area (Å²) in [4.78, 5) is 23.8. The summed E-state index contributed by atoms with van der Waals surface area (Å²) >= 11 is 0. The molecule has 1 amide bonds. The Labute approximate surface area is 116 Å². The Bertz CT molecular complexity index is 770. The fraction of sp³-hybridized carbons (Fsp3) is 0.357. The number of carbonyl (C=O) groups is 1. The van der Waals surface area contributed by atoms with Crippen molar-refractivity contribution < 1.29 is 4.79 Å². The standard InChI is InChI=1S/C14H17N5O/c1-3-4-15-11(20)5-9-6-16-14-12(9)13-10(7-17-14)19(2)8-18-13/h6-8H,3-5H2,1-2H3,(H,15,20)(H,16,17). The van der Waals surface area contributed by atoms with Gasteiger partial charge in [-0.05, 0) is 12.0 Å². The second-order valence-corrected chi connectivity index (χ2v) is 4.91. The number of aryl methyl sites for hydroxylation is 1. The SMILES string of the molecule is CCCNC(=O)Cc1c[nH]c2ncc3c(ncn3C)c12. The summed E-state index contributed by atoms with van der Waals surface area (Å²) in [6.45, 7) is 2.74. The lowest BCUT2D eigenvalue weighted by molar-refractivity contribution is -0.120. The molecule has 6 heteroatoms. The summed E-state index contributed by atoms with van der Waals surface area (Å²) in [5.74, 6) is 0.0284. The van der Waals surface area contributed by atoms with Gasteiger partial charge in [0.2, 0.25) is 5.91 Å². The van der Waals surface area contributed by atoms with Crippen LogP contribution in [-0.4, -0.2) is 32.0 Å². The van der Waals surface area contributed by atoms with Gasteiger partial charge in [-0.3, -0.25) is 4.79 Å². The van der Waals surface area contributed by atoms with Crippen molar-refractivity contribution in [3.05, 3.63) is 24.3 Å². The molecule has 0 aliphatic heterocycles.